The first-order chi connectivity index (χ1) is 24.8. The molecule has 0 atom stereocenters. The van der Waals surface area contributed by atoms with Crippen LogP contribution in [0.15, 0.2) is 81.0 Å². The maximum Gasteiger partial charge on any atom is 0.445 e. The maximum absolute atomic E-state index is 13.0. The van der Waals surface area contributed by atoms with Gasteiger partial charge in [0, 0.05) is 46.9 Å². The summed E-state index contributed by atoms with van der Waals surface area (Å²) < 4.78 is 2.90. The Morgan fingerprint density at radius 1 is 0.647 bits per heavy atom. The van der Waals surface area contributed by atoms with Crippen molar-refractivity contribution >= 4 is 35.4 Å². The van der Waals surface area contributed by atoms with Gasteiger partial charge in [-0.1, -0.05) is 98.7 Å². The summed E-state index contributed by atoms with van der Waals surface area (Å²) in [7, 11) is 0. The molecule has 10 nitrogen and oxygen atoms in total. The van der Waals surface area contributed by atoms with Crippen LogP contribution in [-0.2, 0) is 22.5 Å². The van der Waals surface area contributed by atoms with E-state index in [1.54, 1.807) is 24.2 Å². The van der Waals surface area contributed by atoms with Gasteiger partial charge in [-0.05, 0) is 74.9 Å². The largest absolute Gasteiger partial charge is 0.445 e. The fourth-order valence-corrected chi connectivity index (χ4v) is 7.99. The third-order valence-corrected chi connectivity index (χ3v) is 10.8. The second kappa shape index (κ2) is 17.1. The molecule has 0 bridgehead atoms. The summed E-state index contributed by atoms with van der Waals surface area (Å²) in [6.45, 7) is 7.65. The molecular formula is C40H48N6O4S. The Kier molecular flexibility index (Phi) is 12.2. The van der Waals surface area contributed by atoms with Crippen molar-refractivity contribution in [2.24, 2.45) is 22.1 Å². The van der Waals surface area contributed by atoms with Crippen molar-refractivity contribution in [1.29, 1.82) is 0 Å². The zero-order chi connectivity index (χ0) is 35.7. The van der Waals surface area contributed by atoms with Crippen LogP contribution in [0.2, 0.25) is 0 Å². The molecule has 2 aromatic heterocycles. The van der Waals surface area contributed by atoms with Gasteiger partial charge in [-0.15, -0.1) is 0 Å². The van der Waals surface area contributed by atoms with Crippen LogP contribution in [0.4, 0.5) is 9.59 Å². The maximum atomic E-state index is 13.0. The van der Waals surface area contributed by atoms with E-state index in [0.29, 0.717) is 24.5 Å². The monoisotopic (exact) mass is 708 g/mol. The summed E-state index contributed by atoms with van der Waals surface area (Å²) in [5.74, 6) is 1.80. The topological polar surface area (TPSA) is 113 Å². The highest BCUT2D eigenvalue weighted by molar-refractivity contribution is 7.99. The quantitative estimate of drug-likeness (QED) is 0.0915. The summed E-state index contributed by atoms with van der Waals surface area (Å²) in [4.78, 5) is 48.1. The first-order valence-corrected chi connectivity index (χ1v) is 19.2. The zero-order valence-corrected chi connectivity index (χ0v) is 31.0. The van der Waals surface area contributed by atoms with Crippen LogP contribution in [0.5, 0.6) is 0 Å². The van der Waals surface area contributed by atoms with E-state index < -0.39 is 12.2 Å². The minimum absolute atomic E-state index is 0.241. The number of hydrogen-bond acceptors (Lipinski definition) is 9. The van der Waals surface area contributed by atoms with Gasteiger partial charge in [0.2, 0.25) is 0 Å². The van der Waals surface area contributed by atoms with Gasteiger partial charge in [0.25, 0.3) is 0 Å². The number of aryl methyl sites for hydroxylation is 4. The molecule has 0 unspecified atom stereocenters. The van der Waals surface area contributed by atoms with Crippen LogP contribution >= 0.6 is 11.8 Å². The Balaban J connectivity index is 1.16. The van der Waals surface area contributed by atoms with E-state index in [9.17, 15) is 9.59 Å². The molecule has 2 aromatic carbocycles. The van der Waals surface area contributed by atoms with Crippen molar-refractivity contribution in [3.05, 3.63) is 95.1 Å². The minimum atomic E-state index is -0.537. The second-order valence-electron chi connectivity index (χ2n) is 13.5. The van der Waals surface area contributed by atoms with E-state index in [-0.39, 0.29) is 11.8 Å². The third kappa shape index (κ3) is 9.05. The molecule has 2 aliphatic carbocycles. The highest BCUT2D eigenvalue weighted by Gasteiger charge is 2.25. The van der Waals surface area contributed by atoms with E-state index in [0.717, 1.165) is 95.1 Å². The number of carbonyl (C=O) groups is 2. The van der Waals surface area contributed by atoms with Gasteiger partial charge in [0.05, 0.1) is 22.8 Å². The SMILES string of the molecule is CCc1nc(C)cn1C(=O)O/N=C(/c1ccc(Sc2ccc(/C(=N/OC(=O)n3cc(C)nc3CC)C3CCCCC3)cc2)cc1)C1CCCCC1. The first kappa shape index (κ1) is 36.3. The van der Waals surface area contributed by atoms with E-state index >= 15 is 0 Å². The van der Waals surface area contributed by atoms with Gasteiger partial charge in [-0.2, -0.15) is 0 Å². The summed E-state index contributed by atoms with van der Waals surface area (Å²) in [6, 6.07) is 16.7. The Morgan fingerprint density at radius 3 is 1.37 bits per heavy atom. The van der Waals surface area contributed by atoms with E-state index in [2.05, 4.69) is 68.8 Å². The average molecular weight is 709 g/mol. The molecule has 268 valence electrons. The number of carbonyl (C=O) groups excluding carboxylic acids is 2. The molecule has 11 heteroatoms. The van der Waals surface area contributed by atoms with Gasteiger partial charge in [-0.3, -0.25) is 9.68 Å². The van der Waals surface area contributed by atoms with Crippen molar-refractivity contribution < 1.29 is 19.3 Å². The van der Waals surface area contributed by atoms with Crippen molar-refractivity contribution in [2.75, 3.05) is 0 Å². The fraction of sp³-hybridized carbons (Fsp3) is 0.450. The normalized spacial score (nSPS) is 16.3. The molecule has 6 rings (SSSR count). The van der Waals surface area contributed by atoms with Crippen molar-refractivity contribution in [2.45, 2.75) is 115 Å². The standard InChI is InChI=1S/C40H48N6O4S/c1-5-35-41-27(3)25-45(35)39(47)49-43-37(29-13-9-7-10-14-29)31-17-21-33(22-18-31)51-34-23-19-32(20-24-34)38(30-15-11-8-12-16-30)44-50-40(48)46-26-28(4)42-36(46)6-2/h17-26,29-30H,5-16H2,1-4H3/b43-37+,44-38+. The third-order valence-electron chi connectivity index (χ3n) is 9.79. The van der Waals surface area contributed by atoms with Gasteiger partial charge >= 0.3 is 12.2 Å². The van der Waals surface area contributed by atoms with Crippen LogP contribution in [0.1, 0.15) is 112 Å². The molecule has 2 aliphatic rings. The van der Waals surface area contributed by atoms with Gasteiger partial charge in [-0.25, -0.2) is 28.7 Å². The highest BCUT2D eigenvalue weighted by Crippen LogP contribution is 2.33. The molecule has 0 spiro atoms. The molecule has 2 fully saturated rings. The number of imidazole rings is 2. The molecule has 0 radical (unpaired) electrons. The Bertz CT molecular complexity index is 1730. The molecule has 51 heavy (non-hydrogen) atoms. The summed E-state index contributed by atoms with van der Waals surface area (Å²) >= 11 is 1.67. The zero-order valence-electron chi connectivity index (χ0n) is 30.1. The van der Waals surface area contributed by atoms with Gasteiger partial charge in [0.1, 0.15) is 11.6 Å². The summed E-state index contributed by atoms with van der Waals surface area (Å²) in [5.41, 5.74) is 5.12. The first-order valence-electron chi connectivity index (χ1n) is 18.4. The molecule has 0 saturated heterocycles. The number of oxime groups is 2. The fourth-order valence-electron chi connectivity index (χ4n) is 7.18. The summed E-state index contributed by atoms with van der Waals surface area (Å²) in [6.07, 6.45) is 14.7. The molecule has 0 aliphatic heterocycles. The number of aromatic nitrogens is 4. The molecule has 2 heterocycles. The average Bonchev–Trinajstić information content (AvgIpc) is 3.75. The lowest BCUT2D eigenvalue weighted by atomic mass is 9.83. The lowest BCUT2D eigenvalue weighted by Gasteiger charge is -2.23. The van der Waals surface area contributed by atoms with Crippen LogP contribution in [-0.4, -0.2) is 42.7 Å². The van der Waals surface area contributed by atoms with E-state index in [1.807, 2.05) is 27.7 Å². The van der Waals surface area contributed by atoms with E-state index in [4.69, 9.17) is 9.68 Å². The number of nitrogens with zero attached hydrogens (tertiary/aromatic N) is 6. The molecule has 0 amide bonds. The van der Waals surface area contributed by atoms with Crippen molar-refractivity contribution in [1.82, 2.24) is 19.1 Å². The minimum Gasteiger partial charge on any atom is -0.297 e. The Hall–Kier alpha value is -4.51. The Morgan fingerprint density at radius 2 is 1.02 bits per heavy atom. The number of benzene rings is 2. The van der Waals surface area contributed by atoms with Gasteiger partial charge in [0.15, 0.2) is 0 Å². The molecule has 0 N–H and O–H groups in total. The molecular weight excluding hydrogens is 661 g/mol. The highest BCUT2D eigenvalue weighted by atomic mass is 32.2. The number of hydrogen-bond donors (Lipinski definition) is 0. The van der Waals surface area contributed by atoms with Crippen LogP contribution in [0.3, 0.4) is 0 Å². The van der Waals surface area contributed by atoms with Gasteiger partial charge < -0.3 is 0 Å². The Labute approximate surface area is 304 Å². The lowest BCUT2D eigenvalue weighted by molar-refractivity contribution is 0.149. The predicted molar refractivity (Wildman–Crippen MR) is 200 cm³/mol. The second-order valence-corrected chi connectivity index (χ2v) is 14.7. The van der Waals surface area contributed by atoms with Crippen molar-refractivity contribution in [3.63, 3.8) is 0 Å². The molecule has 4 aromatic rings. The predicted octanol–water partition coefficient (Wildman–Crippen LogP) is 9.91. The number of rotatable bonds is 10. The van der Waals surface area contributed by atoms with Crippen LogP contribution < -0.4 is 0 Å². The molecule has 2 saturated carbocycles. The lowest BCUT2D eigenvalue weighted by Crippen LogP contribution is -2.21. The smallest absolute Gasteiger partial charge is 0.297 e. The van der Waals surface area contributed by atoms with Crippen LogP contribution in [0.25, 0.3) is 0 Å². The van der Waals surface area contributed by atoms with E-state index in [1.165, 1.54) is 22.0 Å². The van der Waals surface area contributed by atoms with Crippen LogP contribution in [0, 0.1) is 25.7 Å². The summed E-state index contributed by atoms with van der Waals surface area (Å²) in [5, 5.41) is 8.95. The van der Waals surface area contributed by atoms with Crippen molar-refractivity contribution in [3.8, 4) is 0 Å².